The van der Waals surface area contributed by atoms with E-state index in [9.17, 15) is 4.79 Å². The van der Waals surface area contributed by atoms with Gasteiger partial charge in [-0.25, -0.2) is 0 Å². The Morgan fingerprint density at radius 3 is 2.69 bits per heavy atom. The normalized spacial score (nSPS) is 20.9. The highest BCUT2D eigenvalue weighted by Gasteiger charge is 2.21. The van der Waals surface area contributed by atoms with Crippen molar-refractivity contribution in [3.63, 3.8) is 0 Å². The number of benzene rings is 1. The lowest BCUT2D eigenvalue weighted by Gasteiger charge is -2.30. The molecule has 0 spiro atoms. The number of halogens is 1. The quantitative estimate of drug-likeness (QED) is 0.799. The van der Waals surface area contributed by atoms with E-state index in [-0.39, 0.29) is 11.9 Å². The molecule has 2 N–H and O–H groups in total. The van der Waals surface area contributed by atoms with E-state index in [0.29, 0.717) is 6.54 Å². The van der Waals surface area contributed by atoms with E-state index in [1.54, 1.807) is 0 Å². The Morgan fingerprint density at radius 1 is 1.38 bits per heavy atom. The van der Waals surface area contributed by atoms with Crippen molar-refractivity contribution in [1.82, 2.24) is 4.90 Å². The van der Waals surface area contributed by atoms with Gasteiger partial charge in [0.15, 0.2) is 0 Å². The molecule has 1 saturated heterocycles. The summed E-state index contributed by atoms with van der Waals surface area (Å²) in [5.41, 5.74) is 6.63. The number of hydrogen-bond acceptors (Lipinski definition) is 2. The van der Waals surface area contributed by atoms with Crippen molar-refractivity contribution in [2.24, 2.45) is 5.73 Å². The van der Waals surface area contributed by atoms with Gasteiger partial charge in [-0.3, -0.25) is 4.79 Å². The van der Waals surface area contributed by atoms with Gasteiger partial charge in [-0.15, -0.1) is 0 Å². The first-order valence-corrected chi connectivity index (χ1v) is 6.55. The molecule has 1 aliphatic rings. The average Bonchev–Trinajstić information content (AvgIpc) is 2.29. The Hall–Kier alpha value is -0.620. The van der Waals surface area contributed by atoms with Crippen LogP contribution in [0.4, 0.5) is 0 Å². The number of nitrogens with two attached hydrogens (primary N) is 1. The predicted molar refractivity (Wildman–Crippen MR) is 72.3 cm³/mol. The summed E-state index contributed by atoms with van der Waals surface area (Å²) in [5, 5.41) is 0. The molecule has 1 heterocycles. The minimum absolute atomic E-state index is 0.103. The second-order valence-corrected chi connectivity index (χ2v) is 5.41. The van der Waals surface area contributed by atoms with Crippen LogP contribution in [-0.2, 0) is 0 Å². The lowest BCUT2D eigenvalue weighted by Crippen LogP contribution is -2.45. The molecule has 0 saturated carbocycles. The van der Waals surface area contributed by atoms with Gasteiger partial charge in [0.25, 0.3) is 5.91 Å². The van der Waals surface area contributed by atoms with Crippen molar-refractivity contribution < 1.29 is 4.79 Å². The highest BCUT2D eigenvalue weighted by Crippen LogP contribution is 2.14. The molecule has 0 aromatic heterocycles. The van der Waals surface area contributed by atoms with Crippen LogP contribution in [0.25, 0.3) is 0 Å². The summed E-state index contributed by atoms with van der Waals surface area (Å²) in [6.07, 6.45) is 2.04. The number of hydrogen-bond donors (Lipinski definition) is 1. The highest BCUT2D eigenvalue weighted by atomic mass is 127. The average molecular weight is 330 g/mol. The van der Waals surface area contributed by atoms with E-state index in [1.165, 1.54) is 0 Å². The van der Waals surface area contributed by atoms with Crippen molar-refractivity contribution in [1.29, 1.82) is 0 Å². The zero-order valence-electron chi connectivity index (χ0n) is 9.03. The molecule has 4 heteroatoms. The number of nitrogens with zero attached hydrogens (tertiary/aromatic N) is 1. The molecule has 1 amide bonds. The Bertz CT molecular complexity index is 377. The number of rotatable bonds is 1. The highest BCUT2D eigenvalue weighted by molar-refractivity contribution is 14.1. The van der Waals surface area contributed by atoms with Gasteiger partial charge >= 0.3 is 0 Å². The SMILES string of the molecule is NC1CCCN(C(=O)c2ccc(I)cc2)C1. The van der Waals surface area contributed by atoms with Gasteiger partial charge in [-0.1, -0.05) is 0 Å². The van der Waals surface area contributed by atoms with Gasteiger partial charge in [-0.2, -0.15) is 0 Å². The second kappa shape index (κ2) is 5.14. The van der Waals surface area contributed by atoms with Crippen molar-refractivity contribution in [3.8, 4) is 0 Å². The minimum atomic E-state index is 0.103. The Morgan fingerprint density at radius 2 is 2.06 bits per heavy atom. The molecule has 1 aromatic rings. The first kappa shape index (κ1) is 11.9. The third-order valence-corrected chi connectivity index (χ3v) is 3.56. The number of carbonyl (C=O) groups is 1. The van der Waals surface area contributed by atoms with E-state index in [0.717, 1.165) is 28.5 Å². The fourth-order valence-electron chi connectivity index (χ4n) is 1.97. The topological polar surface area (TPSA) is 46.3 Å². The molecule has 1 unspecified atom stereocenters. The zero-order chi connectivity index (χ0) is 11.5. The lowest BCUT2D eigenvalue weighted by molar-refractivity contribution is 0.0709. The number of amides is 1. The smallest absolute Gasteiger partial charge is 0.253 e. The van der Waals surface area contributed by atoms with Gasteiger partial charge in [0.2, 0.25) is 0 Å². The van der Waals surface area contributed by atoms with Crippen molar-refractivity contribution in [2.75, 3.05) is 13.1 Å². The molecule has 1 aromatic carbocycles. The third-order valence-electron chi connectivity index (χ3n) is 2.84. The Balaban J connectivity index is 2.09. The summed E-state index contributed by atoms with van der Waals surface area (Å²) in [4.78, 5) is 14.0. The van der Waals surface area contributed by atoms with Gasteiger partial charge < -0.3 is 10.6 Å². The van der Waals surface area contributed by atoms with E-state index >= 15 is 0 Å². The van der Waals surface area contributed by atoms with Crippen LogP contribution in [0.3, 0.4) is 0 Å². The van der Waals surface area contributed by atoms with Crippen molar-refractivity contribution in [2.45, 2.75) is 18.9 Å². The summed E-state index contributed by atoms with van der Waals surface area (Å²) in [6, 6.07) is 7.81. The standard InChI is InChI=1S/C12H15IN2O/c13-10-5-3-9(4-6-10)12(16)15-7-1-2-11(14)8-15/h3-6,11H,1-2,7-8,14H2. The van der Waals surface area contributed by atoms with Crippen LogP contribution >= 0.6 is 22.6 Å². The maximum Gasteiger partial charge on any atom is 0.253 e. The van der Waals surface area contributed by atoms with Crippen LogP contribution in [0.1, 0.15) is 23.2 Å². The molecular weight excluding hydrogens is 315 g/mol. The number of piperidine rings is 1. The zero-order valence-corrected chi connectivity index (χ0v) is 11.2. The third kappa shape index (κ3) is 2.74. The molecule has 2 rings (SSSR count). The first-order valence-electron chi connectivity index (χ1n) is 5.47. The molecule has 16 heavy (non-hydrogen) atoms. The van der Waals surface area contributed by atoms with E-state index < -0.39 is 0 Å². The predicted octanol–water partition coefficient (Wildman–Crippen LogP) is 1.85. The first-order chi connectivity index (χ1) is 7.66. The Labute approximate surface area is 109 Å². The Kier molecular flexibility index (Phi) is 3.81. The van der Waals surface area contributed by atoms with Gasteiger partial charge in [0, 0.05) is 28.3 Å². The van der Waals surface area contributed by atoms with Gasteiger partial charge in [0.1, 0.15) is 0 Å². The van der Waals surface area contributed by atoms with Crippen molar-refractivity contribution in [3.05, 3.63) is 33.4 Å². The molecule has 86 valence electrons. The summed E-state index contributed by atoms with van der Waals surface area (Å²) >= 11 is 2.23. The minimum Gasteiger partial charge on any atom is -0.337 e. The largest absolute Gasteiger partial charge is 0.337 e. The molecule has 1 aliphatic heterocycles. The van der Waals surface area contributed by atoms with Crippen LogP contribution in [0.5, 0.6) is 0 Å². The summed E-state index contributed by atoms with van der Waals surface area (Å²) in [7, 11) is 0. The lowest BCUT2D eigenvalue weighted by atomic mass is 10.1. The molecule has 0 radical (unpaired) electrons. The maximum absolute atomic E-state index is 12.1. The monoisotopic (exact) mass is 330 g/mol. The molecule has 0 bridgehead atoms. The summed E-state index contributed by atoms with van der Waals surface area (Å²) in [5.74, 6) is 0.103. The molecule has 3 nitrogen and oxygen atoms in total. The summed E-state index contributed by atoms with van der Waals surface area (Å²) in [6.45, 7) is 1.52. The number of likely N-dealkylation sites (tertiary alicyclic amines) is 1. The van der Waals surface area contributed by atoms with E-state index in [4.69, 9.17) is 5.73 Å². The second-order valence-electron chi connectivity index (χ2n) is 4.16. The van der Waals surface area contributed by atoms with E-state index in [1.807, 2.05) is 29.2 Å². The van der Waals surface area contributed by atoms with Crippen LogP contribution in [-0.4, -0.2) is 29.9 Å². The molecule has 1 fully saturated rings. The molecule has 0 aliphatic carbocycles. The summed E-state index contributed by atoms with van der Waals surface area (Å²) < 4.78 is 1.14. The van der Waals surface area contributed by atoms with Crippen LogP contribution < -0.4 is 5.73 Å². The van der Waals surface area contributed by atoms with Gasteiger partial charge in [-0.05, 0) is 59.7 Å². The van der Waals surface area contributed by atoms with Crippen LogP contribution in [0.15, 0.2) is 24.3 Å². The van der Waals surface area contributed by atoms with Crippen LogP contribution in [0.2, 0.25) is 0 Å². The van der Waals surface area contributed by atoms with E-state index in [2.05, 4.69) is 22.6 Å². The molecule has 1 atom stereocenters. The maximum atomic E-state index is 12.1. The fraction of sp³-hybridized carbons (Fsp3) is 0.417. The fourth-order valence-corrected chi connectivity index (χ4v) is 2.33. The van der Waals surface area contributed by atoms with Crippen molar-refractivity contribution >= 4 is 28.5 Å². The van der Waals surface area contributed by atoms with Gasteiger partial charge in [0.05, 0.1) is 0 Å². The van der Waals surface area contributed by atoms with Crippen LogP contribution in [0, 0.1) is 3.57 Å². The number of carbonyl (C=O) groups excluding carboxylic acids is 1. The molecular formula is C12H15IN2O.